The highest BCUT2D eigenvalue weighted by molar-refractivity contribution is 5.63. The van der Waals surface area contributed by atoms with Gasteiger partial charge in [0.05, 0.1) is 5.69 Å². The van der Waals surface area contributed by atoms with Crippen molar-refractivity contribution in [2.24, 2.45) is 0 Å². The van der Waals surface area contributed by atoms with Gasteiger partial charge in [0, 0.05) is 12.1 Å². The summed E-state index contributed by atoms with van der Waals surface area (Å²) in [4.78, 5) is 0. The van der Waals surface area contributed by atoms with Crippen LogP contribution in [-0.4, -0.2) is 13.2 Å². The van der Waals surface area contributed by atoms with Gasteiger partial charge >= 0.3 is 0 Å². The van der Waals surface area contributed by atoms with Crippen LogP contribution in [0.15, 0.2) is 30.3 Å². The molecular formula is C16H17NO3. The normalized spacial score (nSPS) is 13.1. The first-order valence-corrected chi connectivity index (χ1v) is 6.57. The Morgan fingerprint density at radius 1 is 0.900 bits per heavy atom. The third-order valence-electron chi connectivity index (χ3n) is 3.10. The molecule has 0 atom stereocenters. The largest absolute Gasteiger partial charge is 0.486 e. The highest BCUT2D eigenvalue weighted by atomic mass is 16.6. The summed E-state index contributed by atoms with van der Waals surface area (Å²) in [6.45, 7) is 5.16. The van der Waals surface area contributed by atoms with E-state index in [4.69, 9.17) is 19.9 Å². The van der Waals surface area contributed by atoms with E-state index in [9.17, 15) is 0 Å². The zero-order valence-electron chi connectivity index (χ0n) is 11.6. The lowest BCUT2D eigenvalue weighted by molar-refractivity contribution is 0.171. The van der Waals surface area contributed by atoms with Crippen LogP contribution in [-0.2, 0) is 0 Å². The molecule has 0 saturated carbocycles. The molecule has 2 N–H and O–H groups in total. The van der Waals surface area contributed by atoms with Gasteiger partial charge in [0.15, 0.2) is 17.2 Å². The quantitative estimate of drug-likeness (QED) is 0.850. The van der Waals surface area contributed by atoms with E-state index >= 15 is 0 Å². The molecule has 1 aliphatic heterocycles. The van der Waals surface area contributed by atoms with Crippen molar-refractivity contribution in [3.8, 4) is 23.0 Å². The van der Waals surface area contributed by atoms with Crippen molar-refractivity contribution in [3.05, 3.63) is 41.5 Å². The predicted octanol–water partition coefficient (Wildman–Crippen LogP) is 3.45. The third-order valence-corrected chi connectivity index (χ3v) is 3.10. The van der Waals surface area contributed by atoms with Crippen molar-refractivity contribution in [2.75, 3.05) is 18.9 Å². The highest BCUT2D eigenvalue weighted by Crippen LogP contribution is 2.40. The van der Waals surface area contributed by atoms with Gasteiger partial charge in [-0.2, -0.15) is 0 Å². The van der Waals surface area contributed by atoms with Gasteiger partial charge in [0.1, 0.15) is 19.0 Å². The first kappa shape index (κ1) is 12.7. The van der Waals surface area contributed by atoms with Gasteiger partial charge in [0.25, 0.3) is 0 Å². The fourth-order valence-electron chi connectivity index (χ4n) is 2.29. The molecular weight excluding hydrogens is 254 g/mol. The van der Waals surface area contributed by atoms with Crippen LogP contribution in [0.5, 0.6) is 23.0 Å². The van der Waals surface area contributed by atoms with Crippen LogP contribution < -0.4 is 19.9 Å². The van der Waals surface area contributed by atoms with Crippen LogP contribution in [0.25, 0.3) is 0 Å². The molecule has 0 saturated heterocycles. The molecule has 104 valence electrons. The van der Waals surface area contributed by atoms with Crippen LogP contribution in [0.4, 0.5) is 5.69 Å². The Labute approximate surface area is 118 Å². The predicted molar refractivity (Wildman–Crippen MR) is 77.8 cm³/mol. The Balaban J connectivity index is 1.94. The van der Waals surface area contributed by atoms with E-state index in [2.05, 4.69) is 6.07 Å². The number of hydrogen-bond acceptors (Lipinski definition) is 4. The van der Waals surface area contributed by atoms with Gasteiger partial charge in [-0.1, -0.05) is 6.07 Å². The second-order valence-corrected chi connectivity index (χ2v) is 4.96. The van der Waals surface area contributed by atoms with E-state index in [1.54, 1.807) is 12.1 Å². The minimum absolute atomic E-state index is 0.536. The Bertz CT molecular complexity index is 632. The lowest BCUT2D eigenvalue weighted by atomic mass is 10.1. The average Bonchev–Trinajstić information content (AvgIpc) is 2.38. The number of nitrogens with two attached hydrogens (primary N) is 1. The number of rotatable bonds is 2. The Morgan fingerprint density at radius 3 is 2.15 bits per heavy atom. The molecule has 0 fully saturated rings. The molecule has 0 spiro atoms. The maximum absolute atomic E-state index is 6.01. The van der Waals surface area contributed by atoms with Crippen molar-refractivity contribution in [1.82, 2.24) is 0 Å². The van der Waals surface area contributed by atoms with Crippen molar-refractivity contribution in [2.45, 2.75) is 13.8 Å². The first-order chi connectivity index (χ1) is 9.61. The number of hydrogen-bond donors (Lipinski definition) is 1. The van der Waals surface area contributed by atoms with Crippen LogP contribution in [0.3, 0.4) is 0 Å². The van der Waals surface area contributed by atoms with Gasteiger partial charge in [-0.25, -0.2) is 0 Å². The van der Waals surface area contributed by atoms with Crippen LogP contribution >= 0.6 is 0 Å². The summed E-state index contributed by atoms with van der Waals surface area (Å²) in [5, 5.41) is 0. The Morgan fingerprint density at radius 2 is 1.50 bits per heavy atom. The van der Waals surface area contributed by atoms with Crippen molar-refractivity contribution in [3.63, 3.8) is 0 Å². The maximum atomic E-state index is 6.01. The summed E-state index contributed by atoms with van der Waals surface area (Å²) >= 11 is 0. The lowest BCUT2D eigenvalue weighted by Gasteiger charge is -2.20. The monoisotopic (exact) mass is 271 g/mol. The lowest BCUT2D eigenvalue weighted by Crippen LogP contribution is -2.15. The van der Waals surface area contributed by atoms with Crippen molar-refractivity contribution < 1.29 is 14.2 Å². The molecule has 0 radical (unpaired) electrons. The molecule has 20 heavy (non-hydrogen) atoms. The van der Waals surface area contributed by atoms with Crippen molar-refractivity contribution >= 4 is 5.69 Å². The average molecular weight is 271 g/mol. The van der Waals surface area contributed by atoms with E-state index < -0.39 is 0 Å². The minimum atomic E-state index is 0.536. The molecule has 2 aromatic rings. The maximum Gasteiger partial charge on any atom is 0.165 e. The van der Waals surface area contributed by atoms with Gasteiger partial charge in [-0.05, 0) is 37.1 Å². The molecule has 3 rings (SSSR count). The molecule has 1 aliphatic rings. The van der Waals surface area contributed by atoms with E-state index in [0.717, 1.165) is 16.9 Å². The number of fused-ring (bicyclic) bond motifs is 1. The standard InChI is InChI=1S/C16H17NO3/c1-10-5-11(2)7-12(6-10)20-14-9-16-15(8-13(14)17)18-3-4-19-16/h5-9H,3-4,17H2,1-2H3. The molecule has 0 unspecified atom stereocenters. The topological polar surface area (TPSA) is 53.7 Å². The molecule has 4 heteroatoms. The number of anilines is 1. The second-order valence-electron chi connectivity index (χ2n) is 4.96. The highest BCUT2D eigenvalue weighted by Gasteiger charge is 2.16. The summed E-state index contributed by atoms with van der Waals surface area (Å²) in [5.74, 6) is 2.69. The number of benzene rings is 2. The summed E-state index contributed by atoms with van der Waals surface area (Å²) in [6, 6.07) is 9.57. The Hall–Kier alpha value is -2.36. The molecule has 0 bridgehead atoms. The van der Waals surface area contributed by atoms with Gasteiger partial charge in [-0.3, -0.25) is 0 Å². The molecule has 0 aromatic heterocycles. The van der Waals surface area contributed by atoms with Gasteiger partial charge in [-0.15, -0.1) is 0 Å². The fraction of sp³-hybridized carbons (Fsp3) is 0.250. The molecule has 4 nitrogen and oxygen atoms in total. The first-order valence-electron chi connectivity index (χ1n) is 6.57. The summed E-state index contributed by atoms with van der Waals surface area (Å²) < 4.78 is 16.9. The smallest absolute Gasteiger partial charge is 0.165 e. The fourth-order valence-corrected chi connectivity index (χ4v) is 2.29. The number of nitrogen functional groups attached to an aromatic ring is 1. The van der Waals surface area contributed by atoms with Crippen LogP contribution in [0.2, 0.25) is 0 Å². The van der Waals surface area contributed by atoms with E-state index in [1.165, 1.54) is 0 Å². The molecule has 1 heterocycles. The molecule has 0 aliphatic carbocycles. The van der Waals surface area contributed by atoms with Gasteiger partial charge < -0.3 is 19.9 Å². The minimum Gasteiger partial charge on any atom is -0.486 e. The summed E-state index contributed by atoms with van der Waals surface area (Å²) in [5.41, 5.74) is 8.84. The summed E-state index contributed by atoms with van der Waals surface area (Å²) in [6.07, 6.45) is 0. The number of ether oxygens (including phenoxy) is 3. The third kappa shape index (κ3) is 2.50. The summed E-state index contributed by atoms with van der Waals surface area (Å²) in [7, 11) is 0. The second kappa shape index (κ2) is 4.96. The Kier molecular flexibility index (Phi) is 3.14. The van der Waals surface area contributed by atoms with Crippen LogP contribution in [0.1, 0.15) is 11.1 Å². The zero-order valence-corrected chi connectivity index (χ0v) is 11.6. The SMILES string of the molecule is Cc1cc(C)cc(Oc2cc3c(cc2N)OCCO3)c1. The van der Waals surface area contributed by atoms with E-state index in [1.807, 2.05) is 26.0 Å². The molecule has 2 aromatic carbocycles. The van der Waals surface area contributed by atoms with E-state index in [-0.39, 0.29) is 0 Å². The molecule has 0 amide bonds. The van der Waals surface area contributed by atoms with Crippen LogP contribution in [0, 0.1) is 13.8 Å². The van der Waals surface area contributed by atoms with Crippen molar-refractivity contribution in [1.29, 1.82) is 0 Å². The van der Waals surface area contributed by atoms with Gasteiger partial charge in [0.2, 0.25) is 0 Å². The zero-order chi connectivity index (χ0) is 14.1. The number of aryl methyl sites for hydroxylation is 2. The van der Waals surface area contributed by atoms with E-state index in [0.29, 0.717) is 36.1 Å².